The molecule has 0 unspecified atom stereocenters. The summed E-state index contributed by atoms with van der Waals surface area (Å²) < 4.78 is 23.3. The Morgan fingerprint density at radius 3 is 2.52 bits per heavy atom. The molecule has 3 aromatic rings. The van der Waals surface area contributed by atoms with Crippen LogP contribution in [0.5, 0.6) is 5.75 Å². The first kappa shape index (κ1) is 20.3. The van der Waals surface area contributed by atoms with E-state index >= 15 is 0 Å². The first-order valence-corrected chi connectivity index (χ1v) is 9.45. The fourth-order valence-electron chi connectivity index (χ4n) is 2.23. The van der Waals surface area contributed by atoms with Crippen LogP contribution in [-0.2, 0) is 11.3 Å². The van der Waals surface area contributed by atoms with Gasteiger partial charge in [-0.2, -0.15) is 0 Å². The molecule has 1 aromatic heterocycles. The van der Waals surface area contributed by atoms with Crippen LogP contribution in [0.1, 0.15) is 16.2 Å². The average molecular weight is 416 g/mol. The molecule has 2 N–H and O–H groups in total. The molecular formula is C19H17FN4O4S. The molecule has 0 fully saturated rings. The number of methoxy groups -OCH3 is 1. The monoisotopic (exact) mass is 416 g/mol. The number of carbonyl (C=O) groups is 2. The topological polar surface area (TPSA) is 106 Å². The molecule has 3 rings (SSSR count). The maximum Gasteiger partial charge on any atom is 0.277 e. The lowest BCUT2D eigenvalue weighted by Gasteiger charge is -2.05. The lowest BCUT2D eigenvalue weighted by molar-refractivity contribution is -0.113. The summed E-state index contributed by atoms with van der Waals surface area (Å²) in [6.45, 7) is 0.0157. The average Bonchev–Trinajstić information content (AvgIpc) is 3.19. The third-order valence-electron chi connectivity index (χ3n) is 3.66. The Morgan fingerprint density at radius 2 is 1.83 bits per heavy atom. The van der Waals surface area contributed by atoms with E-state index in [1.54, 1.807) is 31.4 Å². The molecule has 10 heteroatoms. The second-order valence-electron chi connectivity index (χ2n) is 5.72. The highest BCUT2D eigenvalue weighted by molar-refractivity contribution is 7.99. The Hall–Kier alpha value is -3.40. The molecule has 2 amide bonds. The van der Waals surface area contributed by atoms with Crippen molar-refractivity contribution in [2.24, 2.45) is 0 Å². The number of rotatable bonds is 8. The SMILES string of the molecule is COc1ccc(NC(=O)CSc2nnc(CNC(=O)c3ccc(F)cc3)o2)cc1. The van der Waals surface area contributed by atoms with Crippen molar-refractivity contribution in [1.29, 1.82) is 0 Å². The Bertz CT molecular complexity index is 977. The summed E-state index contributed by atoms with van der Waals surface area (Å²) in [6, 6.07) is 12.1. The lowest BCUT2D eigenvalue weighted by Crippen LogP contribution is -2.22. The third-order valence-corrected chi connectivity index (χ3v) is 4.47. The summed E-state index contributed by atoms with van der Waals surface area (Å²) >= 11 is 1.08. The normalized spacial score (nSPS) is 10.4. The molecule has 0 atom stereocenters. The number of halogens is 1. The molecule has 0 bridgehead atoms. The number of amides is 2. The summed E-state index contributed by atoms with van der Waals surface area (Å²) in [7, 11) is 1.57. The van der Waals surface area contributed by atoms with E-state index in [-0.39, 0.29) is 29.3 Å². The molecular weight excluding hydrogens is 399 g/mol. The van der Waals surface area contributed by atoms with Gasteiger partial charge in [-0.05, 0) is 48.5 Å². The van der Waals surface area contributed by atoms with Gasteiger partial charge in [-0.1, -0.05) is 11.8 Å². The molecule has 0 aliphatic carbocycles. The minimum atomic E-state index is -0.420. The van der Waals surface area contributed by atoms with Gasteiger partial charge >= 0.3 is 0 Å². The molecule has 0 aliphatic heterocycles. The van der Waals surface area contributed by atoms with Gasteiger partial charge in [-0.25, -0.2) is 4.39 Å². The fraction of sp³-hybridized carbons (Fsp3) is 0.158. The molecule has 0 saturated heterocycles. The minimum Gasteiger partial charge on any atom is -0.497 e. The number of thioether (sulfide) groups is 1. The van der Waals surface area contributed by atoms with Gasteiger partial charge in [0.15, 0.2) is 0 Å². The smallest absolute Gasteiger partial charge is 0.277 e. The fourth-order valence-corrected chi connectivity index (χ4v) is 2.81. The highest BCUT2D eigenvalue weighted by Crippen LogP contribution is 2.18. The number of hydrogen-bond acceptors (Lipinski definition) is 7. The van der Waals surface area contributed by atoms with Gasteiger partial charge in [0, 0.05) is 11.3 Å². The van der Waals surface area contributed by atoms with Crippen molar-refractivity contribution in [2.75, 3.05) is 18.2 Å². The van der Waals surface area contributed by atoms with Crippen LogP contribution >= 0.6 is 11.8 Å². The summed E-state index contributed by atoms with van der Waals surface area (Å²) in [4.78, 5) is 24.0. The van der Waals surface area contributed by atoms with Crippen molar-refractivity contribution < 1.29 is 23.1 Å². The first-order valence-electron chi connectivity index (χ1n) is 8.46. The van der Waals surface area contributed by atoms with Gasteiger partial charge in [0.05, 0.1) is 19.4 Å². The van der Waals surface area contributed by atoms with E-state index in [0.29, 0.717) is 17.0 Å². The van der Waals surface area contributed by atoms with Gasteiger partial charge in [0.25, 0.3) is 11.1 Å². The standard InChI is InChI=1S/C19H17FN4O4S/c1-27-15-8-6-14(7-9-15)22-16(25)11-29-19-24-23-17(28-19)10-21-18(26)12-2-4-13(20)5-3-12/h2-9H,10-11H2,1H3,(H,21,26)(H,22,25). The number of carbonyl (C=O) groups excluding carboxylic acids is 2. The molecule has 150 valence electrons. The van der Waals surface area contributed by atoms with Crippen molar-refractivity contribution in [2.45, 2.75) is 11.8 Å². The molecule has 0 radical (unpaired) electrons. The van der Waals surface area contributed by atoms with Crippen LogP contribution in [0.25, 0.3) is 0 Å². The quantitative estimate of drug-likeness (QED) is 0.544. The summed E-state index contributed by atoms with van der Waals surface area (Å²) in [5.74, 6) is -0.0759. The maximum absolute atomic E-state index is 12.9. The zero-order valence-electron chi connectivity index (χ0n) is 15.3. The van der Waals surface area contributed by atoms with Crippen molar-refractivity contribution in [1.82, 2.24) is 15.5 Å². The van der Waals surface area contributed by atoms with Gasteiger partial charge < -0.3 is 19.8 Å². The van der Waals surface area contributed by atoms with Crippen molar-refractivity contribution >= 4 is 29.3 Å². The maximum atomic E-state index is 12.9. The van der Waals surface area contributed by atoms with E-state index < -0.39 is 11.7 Å². The van der Waals surface area contributed by atoms with Gasteiger partial charge in [0.2, 0.25) is 11.8 Å². The Kier molecular flexibility index (Phi) is 6.80. The van der Waals surface area contributed by atoms with Crippen molar-refractivity contribution in [3.63, 3.8) is 0 Å². The molecule has 0 spiro atoms. The highest BCUT2D eigenvalue weighted by Gasteiger charge is 2.12. The lowest BCUT2D eigenvalue weighted by atomic mass is 10.2. The van der Waals surface area contributed by atoms with Crippen LogP contribution in [0.15, 0.2) is 58.2 Å². The van der Waals surface area contributed by atoms with Gasteiger partial charge in [-0.15, -0.1) is 10.2 Å². The summed E-state index contributed by atoms with van der Waals surface area (Å²) in [6.07, 6.45) is 0. The molecule has 8 nitrogen and oxygen atoms in total. The summed E-state index contributed by atoms with van der Waals surface area (Å²) in [5, 5.41) is 13.2. The molecule has 1 heterocycles. The molecule has 2 aromatic carbocycles. The van der Waals surface area contributed by atoms with E-state index in [2.05, 4.69) is 20.8 Å². The predicted molar refractivity (Wildman–Crippen MR) is 104 cm³/mol. The number of anilines is 1. The molecule has 0 aliphatic rings. The van der Waals surface area contributed by atoms with Crippen LogP contribution in [-0.4, -0.2) is 34.9 Å². The number of nitrogens with one attached hydrogen (secondary N) is 2. The number of nitrogens with zero attached hydrogens (tertiary/aromatic N) is 2. The number of ether oxygens (including phenoxy) is 1. The predicted octanol–water partition coefficient (Wildman–Crippen LogP) is 2.88. The largest absolute Gasteiger partial charge is 0.497 e. The Morgan fingerprint density at radius 1 is 1.10 bits per heavy atom. The van der Waals surface area contributed by atoms with E-state index in [1.165, 1.54) is 24.3 Å². The van der Waals surface area contributed by atoms with Crippen LogP contribution < -0.4 is 15.4 Å². The Labute approximate surface area is 169 Å². The van der Waals surface area contributed by atoms with Crippen LogP contribution in [0, 0.1) is 5.82 Å². The molecule has 0 saturated carbocycles. The van der Waals surface area contributed by atoms with Crippen LogP contribution in [0.2, 0.25) is 0 Å². The first-order chi connectivity index (χ1) is 14.0. The third kappa shape index (κ3) is 6.04. The zero-order valence-corrected chi connectivity index (χ0v) is 16.2. The minimum absolute atomic E-state index is 0.0157. The molecule has 29 heavy (non-hydrogen) atoms. The van der Waals surface area contributed by atoms with Gasteiger partial charge in [-0.3, -0.25) is 9.59 Å². The zero-order chi connectivity index (χ0) is 20.6. The number of hydrogen-bond donors (Lipinski definition) is 2. The van der Waals surface area contributed by atoms with E-state index in [1.807, 2.05) is 0 Å². The van der Waals surface area contributed by atoms with Gasteiger partial charge in [0.1, 0.15) is 11.6 Å². The second-order valence-corrected chi connectivity index (χ2v) is 6.64. The number of benzene rings is 2. The van der Waals surface area contributed by atoms with Crippen molar-refractivity contribution in [3.8, 4) is 5.75 Å². The Balaban J connectivity index is 1.44. The van der Waals surface area contributed by atoms with Crippen LogP contribution in [0.4, 0.5) is 10.1 Å². The highest BCUT2D eigenvalue weighted by atomic mass is 32.2. The van der Waals surface area contributed by atoms with E-state index in [9.17, 15) is 14.0 Å². The van der Waals surface area contributed by atoms with Crippen molar-refractivity contribution in [3.05, 3.63) is 65.8 Å². The van der Waals surface area contributed by atoms with E-state index in [0.717, 1.165) is 11.8 Å². The number of aromatic nitrogens is 2. The second kappa shape index (κ2) is 9.69. The summed E-state index contributed by atoms with van der Waals surface area (Å²) in [5.41, 5.74) is 0.960. The van der Waals surface area contributed by atoms with Crippen LogP contribution in [0.3, 0.4) is 0 Å². The van der Waals surface area contributed by atoms with E-state index in [4.69, 9.17) is 9.15 Å².